The molecule has 0 aliphatic carbocycles. The molecule has 2 nitrogen and oxygen atoms in total. The van der Waals surface area contributed by atoms with Crippen LogP contribution in [0.2, 0.25) is 0 Å². The minimum Gasteiger partial charge on any atom is -0.399 e. The second-order valence-corrected chi connectivity index (χ2v) is 2.97. The van der Waals surface area contributed by atoms with Crippen LogP contribution in [-0.4, -0.2) is 0 Å². The lowest BCUT2D eigenvalue weighted by Crippen LogP contribution is -2.05. The number of hydrogen-bond donors (Lipinski definition) is 2. The number of nitrogens with two attached hydrogens (primary N) is 2. The quantitative estimate of drug-likeness (QED) is 0.597. The van der Waals surface area contributed by atoms with Crippen molar-refractivity contribution in [2.24, 2.45) is 5.73 Å². The van der Waals surface area contributed by atoms with Gasteiger partial charge in [-0.2, -0.15) is 0 Å². The second kappa shape index (κ2) is 2.93. The number of nitrogen functional groups attached to an aromatic ring is 1. The Hall–Kier alpha value is -1.02. The third-order valence-electron chi connectivity index (χ3n) is 1.65. The molecule has 0 saturated carbocycles. The maximum Gasteiger partial charge on any atom is 0.0320 e. The normalized spacial score (nSPS) is 13.0. The number of rotatable bonds is 1. The predicted octanol–water partition coefficient (Wildman–Crippen LogP) is 1.60. The van der Waals surface area contributed by atoms with E-state index in [0.29, 0.717) is 0 Å². The Morgan fingerprint density at radius 1 is 1.27 bits per heavy atom. The van der Waals surface area contributed by atoms with Crippen LogP contribution in [0.3, 0.4) is 0 Å². The Kier molecular flexibility index (Phi) is 2.15. The van der Waals surface area contributed by atoms with Gasteiger partial charge < -0.3 is 11.5 Å². The van der Waals surface area contributed by atoms with E-state index in [2.05, 4.69) is 6.07 Å². The Labute approximate surface area is 67.2 Å². The summed E-state index contributed by atoms with van der Waals surface area (Å²) in [5.41, 5.74) is 14.4. The predicted molar refractivity (Wildman–Crippen MR) is 48.2 cm³/mol. The molecule has 60 valence electrons. The summed E-state index contributed by atoms with van der Waals surface area (Å²) in [6, 6.07) is 5.97. The van der Waals surface area contributed by atoms with Gasteiger partial charge in [0, 0.05) is 11.7 Å². The highest BCUT2D eigenvalue weighted by Gasteiger charge is 1.99. The Bertz CT molecular complexity index is 233. The summed E-state index contributed by atoms with van der Waals surface area (Å²) in [6.07, 6.45) is 0. The lowest BCUT2D eigenvalue weighted by molar-refractivity contribution is 0.817. The minimum absolute atomic E-state index is 0.0669. The zero-order valence-corrected chi connectivity index (χ0v) is 6.96. The van der Waals surface area contributed by atoms with Crippen LogP contribution >= 0.6 is 0 Å². The molecule has 0 aliphatic heterocycles. The fraction of sp³-hybridized carbons (Fsp3) is 0.333. The van der Waals surface area contributed by atoms with Gasteiger partial charge in [0.2, 0.25) is 0 Å². The van der Waals surface area contributed by atoms with Gasteiger partial charge in [0.1, 0.15) is 0 Å². The van der Waals surface area contributed by atoms with Crippen LogP contribution in [-0.2, 0) is 0 Å². The molecular formula is C9H14N2. The van der Waals surface area contributed by atoms with E-state index in [0.717, 1.165) is 16.8 Å². The van der Waals surface area contributed by atoms with Crippen LogP contribution in [0.1, 0.15) is 24.1 Å². The van der Waals surface area contributed by atoms with E-state index in [-0.39, 0.29) is 6.04 Å². The first-order valence-corrected chi connectivity index (χ1v) is 3.72. The molecule has 2 heteroatoms. The molecule has 0 aliphatic rings. The molecule has 0 heterocycles. The molecule has 0 fully saturated rings. The van der Waals surface area contributed by atoms with Crippen LogP contribution < -0.4 is 11.5 Å². The van der Waals surface area contributed by atoms with Crippen LogP contribution in [0.4, 0.5) is 5.69 Å². The second-order valence-electron chi connectivity index (χ2n) is 2.97. The zero-order chi connectivity index (χ0) is 8.43. The summed E-state index contributed by atoms with van der Waals surface area (Å²) in [5, 5.41) is 0. The molecule has 0 amide bonds. The summed E-state index contributed by atoms with van der Waals surface area (Å²) >= 11 is 0. The number of aryl methyl sites for hydroxylation is 1. The van der Waals surface area contributed by atoms with Gasteiger partial charge in [-0.05, 0) is 37.1 Å². The average Bonchev–Trinajstić information content (AvgIpc) is 1.85. The molecule has 0 unspecified atom stereocenters. The molecule has 0 saturated heterocycles. The topological polar surface area (TPSA) is 52.0 Å². The van der Waals surface area contributed by atoms with Crippen molar-refractivity contribution in [3.8, 4) is 0 Å². The first kappa shape index (κ1) is 8.08. The Morgan fingerprint density at radius 2 is 1.91 bits per heavy atom. The van der Waals surface area contributed by atoms with E-state index in [4.69, 9.17) is 11.5 Å². The molecule has 0 bridgehead atoms. The van der Waals surface area contributed by atoms with E-state index in [1.807, 2.05) is 26.0 Å². The molecule has 0 spiro atoms. The maximum absolute atomic E-state index is 5.70. The third-order valence-corrected chi connectivity index (χ3v) is 1.65. The number of benzene rings is 1. The first-order valence-electron chi connectivity index (χ1n) is 3.72. The van der Waals surface area contributed by atoms with E-state index in [1.54, 1.807) is 0 Å². The van der Waals surface area contributed by atoms with Crippen molar-refractivity contribution in [3.63, 3.8) is 0 Å². The molecule has 1 aromatic rings. The molecule has 4 N–H and O–H groups in total. The maximum atomic E-state index is 5.70. The van der Waals surface area contributed by atoms with Gasteiger partial charge in [-0.1, -0.05) is 6.07 Å². The van der Waals surface area contributed by atoms with Gasteiger partial charge in [-0.3, -0.25) is 0 Å². The summed E-state index contributed by atoms with van der Waals surface area (Å²) in [7, 11) is 0. The van der Waals surface area contributed by atoms with Crippen molar-refractivity contribution >= 4 is 5.69 Å². The smallest absolute Gasteiger partial charge is 0.0320 e. The number of hydrogen-bond acceptors (Lipinski definition) is 2. The van der Waals surface area contributed by atoms with Crippen molar-refractivity contribution in [3.05, 3.63) is 29.3 Å². The van der Waals surface area contributed by atoms with Crippen molar-refractivity contribution in [1.29, 1.82) is 0 Å². The van der Waals surface area contributed by atoms with E-state index >= 15 is 0 Å². The Balaban J connectivity index is 3.08. The SMILES string of the molecule is Cc1cc(N)cc([C@H](C)N)c1. The van der Waals surface area contributed by atoms with Gasteiger partial charge in [0.05, 0.1) is 0 Å². The molecule has 11 heavy (non-hydrogen) atoms. The Morgan fingerprint density at radius 3 is 2.36 bits per heavy atom. The van der Waals surface area contributed by atoms with Crippen LogP contribution in [0.25, 0.3) is 0 Å². The highest BCUT2D eigenvalue weighted by atomic mass is 14.6. The highest BCUT2D eigenvalue weighted by molar-refractivity contribution is 5.45. The number of anilines is 1. The lowest BCUT2D eigenvalue weighted by Gasteiger charge is -2.07. The standard InChI is InChI=1S/C9H14N2/c1-6-3-8(7(2)10)5-9(11)4-6/h3-5,7H,10-11H2,1-2H3/t7-/m0/s1. The van der Waals surface area contributed by atoms with Gasteiger partial charge >= 0.3 is 0 Å². The van der Waals surface area contributed by atoms with Crippen molar-refractivity contribution in [2.45, 2.75) is 19.9 Å². The summed E-state index contributed by atoms with van der Waals surface area (Å²) < 4.78 is 0. The van der Waals surface area contributed by atoms with Crippen LogP contribution in [0.5, 0.6) is 0 Å². The average molecular weight is 150 g/mol. The minimum atomic E-state index is 0.0669. The molecule has 1 rings (SSSR count). The molecule has 0 aromatic heterocycles. The van der Waals surface area contributed by atoms with Gasteiger partial charge in [0.25, 0.3) is 0 Å². The third kappa shape index (κ3) is 1.95. The fourth-order valence-electron chi connectivity index (χ4n) is 1.11. The van der Waals surface area contributed by atoms with Crippen LogP contribution in [0, 0.1) is 6.92 Å². The van der Waals surface area contributed by atoms with Crippen LogP contribution in [0.15, 0.2) is 18.2 Å². The largest absolute Gasteiger partial charge is 0.399 e. The van der Waals surface area contributed by atoms with Gasteiger partial charge in [0.15, 0.2) is 0 Å². The van der Waals surface area contributed by atoms with E-state index in [9.17, 15) is 0 Å². The van der Waals surface area contributed by atoms with Gasteiger partial charge in [-0.25, -0.2) is 0 Å². The summed E-state index contributed by atoms with van der Waals surface area (Å²) in [5.74, 6) is 0. The monoisotopic (exact) mass is 150 g/mol. The molecular weight excluding hydrogens is 136 g/mol. The summed E-state index contributed by atoms with van der Waals surface area (Å²) in [6.45, 7) is 3.97. The molecule has 1 atom stereocenters. The fourth-order valence-corrected chi connectivity index (χ4v) is 1.11. The highest BCUT2D eigenvalue weighted by Crippen LogP contribution is 2.15. The van der Waals surface area contributed by atoms with Crippen molar-refractivity contribution in [1.82, 2.24) is 0 Å². The lowest BCUT2D eigenvalue weighted by atomic mass is 10.1. The summed E-state index contributed by atoms with van der Waals surface area (Å²) in [4.78, 5) is 0. The van der Waals surface area contributed by atoms with Crippen molar-refractivity contribution < 1.29 is 0 Å². The van der Waals surface area contributed by atoms with Crippen molar-refractivity contribution in [2.75, 3.05) is 5.73 Å². The first-order chi connectivity index (χ1) is 5.09. The zero-order valence-electron chi connectivity index (χ0n) is 6.96. The molecule has 1 aromatic carbocycles. The molecule has 0 radical (unpaired) electrons. The van der Waals surface area contributed by atoms with E-state index in [1.165, 1.54) is 0 Å². The van der Waals surface area contributed by atoms with E-state index < -0.39 is 0 Å². The van der Waals surface area contributed by atoms with Gasteiger partial charge in [-0.15, -0.1) is 0 Å².